The number of para-hydroxylation sites is 2. The van der Waals surface area contributed by atoms with E-state index in [1.807, 2.05) is 0 Å². The highest BCUT2D eigenvalue weighted by Gasteiger charge is 2.24. The second-order valence-corrected chi connectivity index (χ2v) is 15.7. The Morgan fingerprint density at radius 2 is 0.902 bits per heavy atom. The van der Waals surface area contributed by atoms with Crippen molar-refractivity contribution < 1.29 is 4.42 Å². The van der Waals surface area contributed by atoms with Crippen LogP contribution in [-0.4, -0.2) is 4.57 Å². The van der Waals surface area contributed by atoms with Crippen LogP contribution in [0.2, 0.25) is 0 Å². The summed E-state index contributed by atoms with van der Waals surface area (Å²) in [5.41, 5.74) is 15.3. The lowest BCUT2D eigenvalue weighted by atomic mass is 9.94. The van der Waals surface area contributed by atoms with Crippen LogP contribution in [0.15, 0.2) is 235 Å². The van der Waals surface area contributed by atoms with Crippen molar-refractivity contribution in [1.82, 2.24) is 4.57 Å². The van der Waals surface area contributed by atoms with E-state index >= 15 is 0 Å². The molecule has 0 atom stereocenters. The average Bonchev–Trinajstić information content (AvgIpc) is 3.90. The van der Waals surface area contributed by atoms with E-state index in [4.69, 9.17) is 4.42 Å². The predicted octanol–water partition coefficient (Wildman–Crippen LogP) is 16.3. The van der Waals surface area contributed by atoms with Crippen LogP contribution in [0.5, 0.6) is 0 Å². The summed E-state index contributed by atoms with van der Waals surface area (Å²) in [6, 6.07) is 82.7. The van der Waals surface area contributed by atoms with Gasteiger partial charge < -0.3 is 13.9 Å². The number of benzene rings is 10. The fraction of sp³-hybridized carbons (Fsp3) is 0. The fourth-order valence-corrected chi connectivity index (χ4v) is 9.33. The molecule has 61 heavy (non-hydrogen) atoms. The normalized spacial score (nSPS) is 11.6. The Hall–Kier alpha value is -8.14. The summed E-state index contributed by atoms with van der Waals surface area (Å²) in [4.78, 5) is 2.34. The quantitative estimate of drug-likeness (QED) is 0.161. The van der Waals surface area contributed by atoms with Crippen molar-refractivity contribution >= 4 is 71.6 Å². The van der Waals surface area contributed by atoms with Gasteiger partial charge in [0.15, 0.2) is 5.58 Å². The second-order valence-electron chi connectivity index (χ2n) is 15.7. The number of rotatable bonds is 7. The molecule has 0 aliphatic heterocycles. The van der Waals surface area contributed by atoms with Gasteiger partial charge in [-0.15, -0.1) is 0 Å². The van der Waals surface area contributed by atoms with Gasteiger partial charge in [-0.3, -0.25) is 0 Å². The van der Waals surface area contributed by atoms with Gasteiger partial charge in [0, 0.05) is 38.6 Å². The van der Waals surface area contributed by atoms with Gasteiger partial charge >= 0.3 is 0 Å². The first-order valence-electron chi connectivity index (χ1n) is 20.8. The summed E-state index contributed by atoms with van der Waals surface area (Å²) in [5, 5.41) is 7.01. The number of anilines is 3. The highest BCUT2D eigenvalue weighted by atomic mass is 16.3. The molecule has 0 fully saturated rings. The topological polar surface area (TPSA) is 21.3 Å². The summed E-state index contributed by atoms with van der Waals surface area (Å²) >= 11 is 0. The van der Waals surface area contributed by atoms with E-state index in [0.717, 1.165) is 55.8 Å². The molecule has 286 valence electrons. The summed E-state index contributed by atoms with van der Waals surface area (Å²) in [6.45, 7) is 0. The maximum absolute atomic E-state index is 7.14. The van der Waals surface area contributed by atoms with Crippen molar-refractivity contribution in [3.63, 3.8) is 0 Å². The second kappa shape index (κ2) is 14.3. The van der Waals surface area contributed by atoms with Gasteiger partial charge in [0.1, 0.15) is 5.58 Å². The van der Waals surface area contributed by atoms with Crippen molar-refractivity contribution in [3.05, 3.63) is 231 Å². The van der Waals surface area contributed by atoms with Gasteiger partial charge in [0.25, 0.3) is 0 Å². The number of hydrogen-bond acceptors (Lipinski definition) is 2. The molecule has 0 N–H and O–H groups in total. The maximum atomic E-state index is 7.14. The van der Waals surface area contributed by atoms with Crippen LogP contribution in [0.25, 0.3) is 93.6 Å². The van der Waals surface area contributed by atoms with Gasteiger partial charge in [0.05, 0.1) is 16.7 Å². The summed E-state index contributed by atoms with van der Waals surface area (Å²) < 4.78 is 9.51. The smallest absolute Gasteiger partial charge is 0.160 e. The Balaban J connectivity index is 1.11. The molecule has 0 aliphatic carbocycles. The molecule has 2 heterocycles. The predicted molar refractivity (Wildman–Crippen MR) is 257 cm³/mol. The highest BCUT2D eigenvalue weighted by Crippen LogP contribution is 2.48. The molecule has 0 saturated heterocycles. The Bertz CT molecular complexity index is 3470. The molecule has 3 heteroatoms. The average molecular weight is 779 g/mol. The van der Waals surface area contributed by atoms with Crippen LogP contribution in [0.3, 0.4) is 0 Å². The van der Waals surface area contributed by atoms with Gasteiger partial charge in [-0.25, -0.2) is 0 Å². The SMILES string of the molecule is c1ccc(-c2ccc(N(c3ccc(-c4ccccc4)cc3)c3ccc(-c4ccc5c(c4)c4ccccc4n5-c4ccccc4)c4c3oc3ccc5ccccc5c34)cc2)cc1. The molecule has 0 amide bonds. The van der Waals surface area contributed by atoms with Crippen LogP contribution in [0, 0.1) is 0 Å². The first-order valence-corrected chi connectivity index (χ1v) is 20.8. The summed E-state index contributed by atoms with van der Waals surface area (Å²) in [5.74, 6) is 0. The van der Waals surface area contributed by atoms with E-state index in [2.05, 4.69) is 240 Å². The zero-order valence-electron chi connectivity index (χ0n) is 33.2. The maximum Gasteiger partial charge on any atom is 0.160 e. The largest absolute Gasteiger partial charge is 0.454 e. The van der Waals surface area contributed by atoms with Crippen molar-refractivity contribution in [3.8, 4) is 39.1 Å². The first-order chi connectivity index (χ1) is 30.3. The standard InChI is InChI=1S/C58H38N2O/c1-4-14-39(15-5-1)41-24-30-46(31-25-41)59(47-32-26-42(27-33-47)40-16-6-2-7-17-40)54-36-34-49(57-56-48-21-11-10-18-43(48)29-37-55(56)61-58(54)57)44-28-35-53-51(38-44)50-22-12-13-23-52(50)60(53)45-19-8-3-9-20-45/h1-38H. The fourth-order valence-electron chi connectivity index (χ4n) is 9.33. The lowest BCUT2D eigenvalue weighted by Gasteiger charge is -2.26. The molecule has 0 radical (unpaired) electrons. The minimum Gasteiger partial charge on any atom is -0.454 e. The molecule has 2 aromatic heterocycles. The van der Waals surface area contributed by atoms with Crippen LogP contribution < -0.4 is 4.90 Å². The lowest BCUT2D eigenvalue weighted by Crippen LogP contribution is -2.10. The lowest BCUT2D eigenvalue weighted by molar-refractivity contribution is 0.669. The Kier molecular flexibility index (Phi) is 8.17. The van der Waals surface area contributed by atoms with E-state index in [1.54, 1.807) is 0 Å². The Morgan fingerprint density at radius 3 is 1.57 bits per heavy atom. The van der Waals surface area contributed by atoms with Gasteiger partial charge in [-0.1, -0.05) is 164 Å². The molecule has 0 saturated carbocycles. The van der Waals surface area contributed by atoms with Crippen molar-refractivity contribution in [2.24, 2.45) is 0 Å². The van der Waals surface area contributed by atoms with E-state index < -0.39 is 0 Å². The van der Waals surface area contributed by atoms with Gasteiger partial charge in [0.2, 0.25) is 0 Å². The third-order valence-electron chi connectivity index (χ3n) is 12.2. The van der Waals surface area contributed by atoms with Gasteiger partial charge in [-0.05, 0) is 111 Å². The Labute approximate surface area is 353 Å². The number of hydrogen-bond donors (Lipinski definition) is 0. The van der Waals surface area contributed by atoms with Crippen LogP contribution >= 0.6 is 0 Å². The van der Waals surface area contributed by atoms with E-state index in [-0.39, 0.29) is 0 Å². The van der Waals surface area contributed by atoms with E-state index in [1.165, 1.54) is 54.8 Å². The molecule has 12 rings (SSSR count). The third-order valence-corrected chi connectivity index (χ3v) is 12.2. The van der Waals surface area contributed by atoms with Crippen LogP contribution in [-0.2, 0) is 0 Å². The molecule has 0 bridgehead atoms. The molecule has 0 unspecified atom stereocenters. The minimum atomic E-state index is 0.843. The molecule has 12 aromatic rings. The van der Waals surface area contributed by atoms with E-state index in [0.29, 0.717) is 0 Å². The molecule has 0 aliphatic rings. The van der Waals surface area contributed by atoms with Crippen molar-refractivity contribution in [2.75, 3.05) is 4.90 Å². The molecule has 3 nitrogen and oxygen atoms in total. The highest BCUT2D eigenvalue weighted by molar-refractivity contribution is 6.25. The van der Waals surface area contributed by atoms with Crippen molar-refractivity contribution in [1.29, 1.82) is 0 Å². The van der Waals surface area contributed by atoms with Crippen LogP contribution in [0.1, 0.15) is 0 Å². The number of furan rings is 1. The van der Waals surface area contributed by atoms with Gasteiger partial charge in [-0.2, -0.15) is 0 Å². The zero-order valence-corrected chi connectivity index (χ0v) is 33.2. The molecule has 10 aromatic carbocycles. The number of aromatic nitrogens is 1. The summed E-state index contributed by atoms with van der Waals surface area (Å²) in [7, 11) is 0. The minimum absolute atomic E-state index is 0.843. The monoisotopic (exact) mass is 778 g/mol. The first kappa shape index (κ1) is 34.9. The molecular formula is C58H38N2O. The number of nitrogens with zero attached hydrogens (tertiary/aromatic N) is 2. The number of fused-ring (bicyclic) bond motifs is 8. The van der Waals surface area contributed by atoms with Crippen LogP contribution in [0.4, 0.5) is 17.1 Å². The molecule has 0 spiro atoms. The molecular weight excluding hydrogens is 741 g/mol. The summed E-state index contributed by atoms with van der Waals surface area (Å²) in [6.07, 6.45) is 0. The van der Waals surface area contributed by atoms with Crippen molar-refractivity contribution in [2.45, 2.75) is 0 Å². The third kappa shape index (κ3) is 5.82. The Morgan fingerprint density at radius 1 is 0.361 bits per heavy atom. The zero-order chi connectivity index (χ0) is 40.3. The van der Waals surface area contributed by atoms with E-state index in [9.17, 15) is 0 Å².